The molecule has 2 atom stereocenters. The van der Waals surface area contributed by atoms with Gasteiger partial charge in [-0.2, -0.15) is 5.26 Å². The van der Waals surface area contributed by atoms with Crippen LogP contribution in [0.2, 0.25) is 0 Å². The average molecular weight is 352 g/mol. The van der Waals surface area contributed by atoms with Gasteiger partial charge in [0.2, 0.25) is 0 Å². The number of rotatable bonds is 4. The van der Waals surface area contributed by atoms with Crippen LogP contribution < -0.4 is 4.74 Å². The van der Waals surface area contributed by atoms with Crippen LogP contribution in [0.25, 0.3) is 0 Å². The van der Waals surface area contributed by atoms with Crippen molar-refractivity contribution in [3.63, 3.8) is 0 Å². The Morgan fingerprint density at radius 3 is 2.62 bits per heavy atom. The monoisotopic (exact) mass is 352 g/mol. The number of nitrogens with zero attached hydrogens (tertiary/aromatic N) is 2. The summed E-state index contributed by atoms with van der Waals surface area (Å²) in [4.78, 5) is 2.32. The van der Waals surface area contributed by atoms with Gasteiger partial charge in [-0.15, -0.1) is 0 Å². The topological polar surface area (TPSA) is 65.7 Å². The van der Waals surface area contributed by atoms with Gasteiger partial charge in [0, 0.05) is 18.2 Å². The summed E-state index contributed by atoms with van der Waals surface area (Å²) in [7, 11) is 0. The lowest BCUT2D eigenvalue weighted by molar-refractivity contribution is -0.0398. The van der Waals surface area contributed by atoms with Crippen molar-refractivity contribution in [3.05, 3.63) is 59.7 Å². The first kappa shape index (κ1) is 18.2. The first-order chi connectivity index (χ1) is 12.4. The Morgan fingerprint density at radius 1 is 1.23 bits per heavy atom. The molecular formula is C21H24N2O3. The van der Waals surface area contributed by atoms with Crippen LogP contribution in [-0.2, 0) is 4.74 Å². The Bertz CT molecular complexity index is 793. The predicted molar refractivity (Wildman–Crippen MR) is 98.8 cm³/mol. The minimum atomic E-state index is -0.125. The van der Waals surface area contributed by atoms with Crippen molar-refractivity contribution < 1.29 is 14.6 Å². The zero-order valence-corrected chi connectivity index (χ0v) is 15.3. The normalized spacial score (nSPS) is 20.7. The van der Waals surface area contributed by atoms with Crippen LogP contribution in [-0.4, -0.2) is 34.8 Å². The number of nitriles is 1. The van der Waals surface area contributed by atoms with E-state index >= 15 is 0 Å². The Morgan fingerprint density at radius 2 is 1.96 bits per heavy atom. The van der Waals surface area contributed by atoms with Gasteiger partial charge in [0.15, 0.2) is 0 Å². The van der Waals surface area contributed by atoms with E-state index in [0.717, 1.165) is 12.1 Å². The van der Waals surface area contributed by atoms with Gasteiger partial charge >= 0.3 is 0 Å². The minimum Gasteiger partial charge on any atom is -0.508 e. The number of hydrogen-bond donors (Lipinski definition) is 1. The highest BCUT2D eigenvalue weighted by molar-refractivity contribution is 5.47. The van der Waals surface area contributed by atoms with Gasteiger partial charge in [-0.3, -0.25) is 4.90 Å². The molecule has 136 valence electrons. The van der Waals surface area contributed by atoms with Gasteiger partial charge in [0.1, 0.15) is 36.5 Å². The van der Waals surface area contributed by atoms with E-state index in [-0.39, 0.29) is 23.6 Å². The maximum Gasteiger partial charge on any atom is 0.137 e. The van der Waals surface area contributed by atoms with E-state index in [1.807, 2.05) is 24.3 Å². The summed E-state index contributed by atoms with van der Waals surface area (Å²) >= 11 is 0. The summed E-state index contributed by atoms with van der Waals surface area (Å²) in [6.07, 6.45) is -0.236. The maximum atomic E-state index is 9.50. The molecule has 26 heavy (non-hydrogen) atoms. The van der Waals surface area contributed by atoms with Crippen molar-refractivity contribution in [3.8, 4) is 17.6 Å². The quantitative estimate of drug-likeness (QED) is 0.905. The largest absolute Gasteiger partial charge is 0.508 e. The zero-order valence-electron chi connectivity index (χ0n) is 15.3. The van der Waals surface area contributed by atoms with Gasteiger partial charge < -0.3 is 14.6 Å². The third kappa shape index (κ3) is 3.98. The molecule has 0 amide bonds. The van der Waals surface area contributed by atoms with E-state index in [2.05, 4.69) is 37.8 Å². The third-order valence-corrected chi connectivity index (χ3v) is 4.46. The van der Waals surface area contributed by atoms with Gasteiger partial charge in [-0.25, -0.2) is 0 Å². The number of phenolic OH excluding ortho intramolecular Hbond substituents is 1. The standard InChI is InChI=1S/C21H24N2O3/c1-21(2,3)23-13-18(26-20(23)15-7-5-4-6-8-15)14-25-19-10-9-17(24)11-16(19)12-22/h4-11,18,20,24H,13-14H2,1-3H3/t18-,20?/m0/s1. The van der Waals surface area contributed by atoms with Gasteiger partial charge in [-0.1, -0.05) is 30.3 Å². The summed E-state index contributed by atoms with van der Waals surface area (Å²) in [5.41, 5.74) is 1.38. The van der Waals surface area contributed by atoms with Crippen molar-refractivity contribution >= 4 is 0 Å². The highest BCUT2D eigenvalue weighted by atomic mass is 16.6. The predicted octanol–water partition coefficient (Wildman–Crippen LogP) is 3.84. The van der Waals surface area contributed by atoms with E-state index in [4.69, 9.17) is 9.47 Å². The van der Waals surface area contributed by atoms with Gasteiger partial charge in [-0.05, 0) is 38.5 Å². The Balaban J connectivity index is 1.73. The maximum absolute atomic E-state index is 9.50. The molecule has 1 aliphatic rings. The molecule has 1 saturated heterocycles. The highest BCUT2D eigenvalue weighted by Crippen LogP contribution is 2.36. The fourth-order valence-corrected chi connectivity index (χ4v) is 3.12. The molecule has 3 rings (SSSR count). The van der Waals surface area contributed by atoms with E-state index in [9.17, 15) is 10.4 Å². The molecule has 0 spiro atoms. The molecule has 1 N–H and O–H groups in total. The van der Waals surface area contributed by atoms with Crippen LogP contribution in [0.1, 0.15) is 38.1 Å². The van der Waals surface area contributed by atoms with E-state index in [1.54, 1.807) is 6.07 Å². The lowest BCUT2D eigenvalue weighted by Crippen LogP contribution is -2.42. The van der Waals surface area contributed by atoms with Crippen molar-refractivity contribution in [1.29, 1.82) is 5.26 Å². The van der Waals surface area contributed by atoms with Gasteiger partial charge in [0.05, 0.1) is 5.56 Å². The second kappa shape index (κ2) is 7.36. The first-order valence-electron chi connectivity index (χ1n) is 8.71. The van der Waals surface area contributed by atoms with E-state index in [1.165, 1.54) is 12.1 Å². The number of aromatic hydroxyl groups is 1. The summed E-state index contributed by atoms with van der Waals surface area (Å²) in [6, 6.07) is 16.7. The lowest BCUT2D eigenvalue weighted by atomic mass is 10.0. The van der Waals surface area contributed by atoms with Crippen molar-refractivity contribution in [2.75, 3.05) is 13.2 Å². The molecule has 1 fully saturated rings. The summed E-state index contributed by atoms with van der Waals surface area (Å²) < 4.78 is 12.1. The SMILES string of the molecule is CC(C)(C)N1C[C@@H](COc2ccc(O)cc2C#N)OC1c1ccccc1. The molecule has 0 aromatic heterocycles. The van der Waals surface area contributed by atoms with Crippen molar-refractivity contribution in [2.45, 2.75) is 38.6 Å². The summed E-state index contributed by atoms with van der Waals surface area (Å²) in [6.45, 7) is 7.59. The third-order valence-electron chi connectivity index (χ3n) is 4.46. The second-order valence-corrected chi connectivity index (χ2v) is 7.45. The van der Waals surface area contributed by atoms with Gasteiger partial charge in [0.25, 0.3) is 0 Å². The molecule has 0 saturated carbocycles. The lowest BCUT2D eigenvalue weighted by Gasteiger charge is -2.35. The Kier molecular flexibility index (Phi) is 5.17. The number of benzene rings is 2. The molecule has 5 heteroatoms. The Labute approximate surface area is 154 Å². The Hall–Kier alpha value is -2.55. The molecule has 1 unspecified atom stereocenters. The zero-order chi connectivity index (χ0) is 18.7. The molecule has 2 aromatic carbocycles. The van der Waals surface area contributed by atoms with Crippen LogP contribution in [0.15, 0.2) is 48.5 Å². The number of phenols is 1. The minimum absolute atomic E-state index is 0.0500. The number of ether oxygens (including phenoxy) is 2. The molecule has 0 radical (unpaired) electrons. The van der Waals surface area contributed by atoms with E-state index in [0.29, 0.717) is 17.9 Å². The molecule has 1 heterocycles. The van der Waals surface area contributed by atoms with Crippen LogP contribution in [0.4, 0.5) is 0 Å². The molecule has 1 aliphatic heterocycles. The second-order valence-electron chi connectivity index (χ2n) is 7.45. The first-order valence-corrected chi connectivity index (χ1v) is 8.71. The fraction of sp³-hybridized carbons (Fsp3) is 0.381. The number of hydrogen-bond acceptors (Lipinski definition) is 5. The highest BCUT2D eigenvalue weighted by Gasteiger charge is 2.40. The molecule has 0 aliphatic carbocycles. The smallest absolute Gasteiger partial charge is 0.137 e. The molecule has 2 aromatic rings. The fourth-order valence-electron chi connectivity index (χ4n) is 3.12. The summed E-state index contributed by atoms with van der Waals surface area (Å²) in [5, 5.41) is 18.7. The summed E-state index contributed by atoms with van der Waals surface area (Å²) in [5.74, 6) is 0.508. The van der Waals surface area contributed by atoms with Crippen LogP contribution in [0, 0.1) is 11.3 Å². The molecule has 0 bridgehead atoms. The van der Waals surface area contributed by atoms with Crippen LogP contribution in [0.3, 0.4) is 0 Å². The van der Waals surface area contributed by atoms with Crippen molar-refractivity contribution in [1.82, 2.24) is 4.90 Å². The van der Waals surface area contributed by atoms with E-state index < -0.39 is 0 Å². The molecule has 5 nitrogen and oxygen atoms in total. The average Bonchev–Trinajstić information content (AvgIpc) is 3.06. The van der Waals surface area contributed by atoms with Crippen molar-refractivity contribution in [2.24, 2.45) is 0 Å². The van der Waals surface area contributed by atoms with Crippen LogP contribution >= 0.6 is 0 Å². The van der Waals surface area contributed by atoms with Crippen LogP contribution in [0.5, 0.6) is 11.5 Å². The molecular weight excluding hydrogens is 328 g/mol.